The van der Waals surface area contributed by atoms with Crippen LogP contribution < -0.4 is 11.1 Å². The molecule has 6 heteroatoms. The summed E-state index contributed by atoms with van der Waals surface area (Å²) < 4.78 is 0. The molecule has 1 fully saturated rings. The van der Waals surface area contributed by atoms with Crippen LogP contribution >= 0.6 is 0 Å². The van der Waals surface area contributed by atoms with Crippen molar-refractivity contribution >= 4 is 5.91 Å². The Hall–Kier alpha value is -1.26. The Morgan fingerprint density at radius 1 is 1.71 bits per heavy atom. The Kier molecular flexibility index (Phi) is 5.25. The molecule has 0 saturated heterocycles. The molecule has 2 unspecified atom stereocenters. The minimum absolute atomic E-state index is 0.257. The van der Waals surface area contributed by atoms with E-state index in [0.717, 1.165) is 32.1 Å². The van der Waals surface area contributed by atoms with E-state index in [9.17, 15) is 4.79 Å². The van der Waals surface area contributed by atoms with Gasteiger partial charge in [0.25, 0.3) is 0 Å². The lowest BCUT2D eigenvalue weighted by atomic mass is 9.76. The van der Waals surface area contributed by atoms with Crippen molar-refractivity contribution in [2.45, 2.75) is 44.6 Å². The summed E-state index contributed by atoms with van der Waals surface area (Å²) >= 11 is 0. The van der Waals surface area contributed by atoms with Crippen LogP contribution in [0.2, 0.25) is 0 Å². The lowest BCUT2D eigenvalue weighted by Gasteiger charge is -2.38. The highest BCUT2D eigenvalue weighted by Gasteiger charge is 2.39. The average Bonchev–Trinajstić information content (AvgIpc) is 2.28. The molecule has 1 saturated carbocycles. The van der Waals surface area contributed by atoms with E-state index >= 15 is 0 Å². The van der Waals surface area contributed by atoms with E-state index in [1.807, 2.05) is 0 Å². The Morgan fingerprint density at radius 2 is 2.47 bits per heavy atom. The molecule has 2 atom stereocenters. The molecule has 0 aromatic heterocycles. The first-order chi connectivity index (χ1) is 8.10. The largest absolute Gasteiger partial charge is 0.368 e. The topological polar surface area (TPSA) is 104 Å². The second-order valence-corrected chi connectivity index (χ2v) is 4.88. The number of nitrogens with zero attached hydrogens (tertiary/aromatic N) is 3. The lowest BCUT2D eigenvalue weighted by Crippen LogP contribution is -2.57. The Bertz CT molecular complexity index is 313. The SMILES string of the molecule is CC1CCCC(NCCCN=[N+]=[N-])(C(N)=O)C1. The number of hydrogen-bond donors (Lipinski definition) is 2. The van der Waals surface area contributed by atoms with Crippen LogP contribution in [0.4, 0.5) is 0 Å². The Balaban J connectivity index is 2.47. The molecule has 17 heavy (non-hydrogen) atoms. The summed E-state index contributed by atoms with van der Waals surface area (Å²) in [5.41, 5.74) is 13.1. The summed E-state index contributed by atoms with van der Waals surface area (Å²) in [7, 11) is 0. The molecule has 0 bridgehead atoms. The zero-order valence-corrected chi connectivity index (χ0v) is 10.4. The van der Waals surface area contributed by atoms with Crippen molar-refractivity contribution in [1.82, 2.24) is 5.32 Å². The second-order valence-electron chi connectivity index (χ2n) is 4.88. The minimum atomic E-state index is -0.548. The van der Waals surface area contributed by atoms with Crippen molar-refractivity contribution in [3.05, 3.63) is 10.4 Å². The molecule has 0 aliphatic heterocycles. The van der Waals surface area contributed by atoms with Gasteiger partial charge in [-0.15, -0.1) is 0 Å². The maximum absolute atomic E-state index is 11.6. The standard InChI is InChI=1S/C11H21N5O/c1-9-4-2-5-11(8-9,10(12)17)14-6-3-7-15-16-13/h9,14H,2-8H2,1H3,(H2,12,17). The van der Waals surface area contributed by atoms with Gasteiger partial charge in [-0.2, -0.15) is 0 Å². The number of carbonyl (C=O) groups excluding carboxylic acids is 1. The van der Waals surface area contributed by atoms with Gasteiger partial charge < -0.3 is 11.1 Å². The second kappa shape index (κ2) is 6.47. The molecular weight excluding hydrogens is 218 g/mol. The number of hydrogen-bond acceptors (Lipinski definition) is 3. The third-order valence-electron chi connectivity index (χ3n) is 3.43. The van der Waals surface area contributed by atoms with Crippen molar-refractivity contribution in [2.24, 2.45) is 16.8 Å². The Labute approximate surface area is 102 Å². The molecule has 0 radical (unpaired) electrons. The highest BCUT2D eigenvalue weighted by Crippen LogP contribution is 2.32. The van der Waals surface area contributed by atoms with Gasteiger partial charge in [0.15, 0.2) is 0 Å². The van der Waals surface area contributed by atoms with Gasteiger partial charge >= 0.3 is 0 Å². The van der Waals surface area contributed by atoms with Gasteiger partial charge in [-0.05, 0) is 37.3 Å². The van der Waals surface area contributed by atoms with E-state index < -0.39 is 5.54 Å². The zero-order chi connectivity index (χ0) is 12.7. The van der Waals surface area contributed by atoms with Gasteiger partial charge in [0.2, 0.25) is 5.91 Å². The molecular formula is C11H21N5O. The van der Waals surface area contributed by atoms with Crippen molar-refractivity contribution in [2.75, 3.05) is 13.1 Å². The normalized spacial score (nSPS) is 28.4. The molecule has 6 nitrogen and oxygen atoms in total. The van der Waals surface area contributed by atoms with E-state index in [1.54, 1.807) is 0 Å². The zero-order valence-electron chi connectivity index (χ0n) is 10.4. The average molecular weight is 239 g/mol. The number of nitrogens with one attached hydrogen (secondary N) is 1. The van der Waals surface area contributed by atoms with Crippen LogP contribution in [-0.4, -0.2) is 24.5 Å². The van der Waals surface area contributed by atoms with E-state index in [0.29, 0.717) is 19.0 Å². The minimum Gasteiger partial charge on any atom is -0.368 e. The molecule has 1 amide bonds. The van der Waals surface area contributed by atoms with E-state index in [1.165, 1.54) is 0 Å². The highest BCUT2D eigenvalue weighted by molar-refractivity contribution is 5.84. The van der Waals surface area contributed by atoms with Gasteiger partial charge in [-0.3, -0.25) is 4.79 Å². The summed E-state index contributed by atoms with van der Waals surface area (Å²) in [6.07, 6.45) is 4.55. The number of carbonyl (C=O) groups is 1. The fourth-order valence-corrected chi connectivity index (χ4v) is 2.54. The molecule has 1 rings (SSSR count). The molecule has 0 heterocycles. The van der Waals surface area contributed by atoms with Crippen LogP contribution in [-0.2, 0) is 4.79 Å². The van der Waals surface area contributed by atoms with Crippen LogP contribution in [0.1, 0.15) is 39.0 Å². The number of primary amides is 1. The van der Waals surface area contributed by atoms with Gasteiger partial charge in [-0.25, -0.2) is 0 Å². The lowest BCUT2D eigenvalue weighted by molar-refractivity contribution is -0.126. The predicted molar refractivity (Wildman–Crippen MR) is 66.2 cm³/mol. The summed E-state index contributed by atoms with van der Waals surface area (Å²) in [4.78, 5) is 14.3. The molecule has 1 aliphatic carbocycles. The molecule has 0 spiro atoms. The molecule has 0 aromatic rings. The first-order valence-corrected chi connectivity index (χ1v) is 6.16. The van der Waals surface area contributed by atoms with Crippen molar-refractivity contribution in [1.29, 1.82) is 0 Å². The number of amides is 1. The predicted octanol–water partition coefficient (Wildman–Crippen LogP) is 1.71. The van der Waals surface area contributed by atoms with Crippen molar-refractivity contribution in [3.63, 3.8) is 0 Å². The first kappa shape index (κ1) is 13.8. The summed E-state index contributed by atoms with van der Waals surface area (Å²) in [6, 6.07) is 0. The van der Waals surface area contributed by atoms with Crippen LogP contribution in [0.5, 0.6) is 0 Å². The van der Waals surface area contributed by atoms with Crippen LogP contribution in [0.3, 0.4) is 0 Å². The molecule has 96 valence electrons. The van der Waals surface area contributed by atoms with Gasteiger partial charge in [0.1, 0.15) is 0 Å². The molecule has 1 aliphatic rings. The van der Waals surface area contributed by atoms with Crippen LogP contribution in [0, 0.1) is 5.92 Å². The van der Waals surface area contributed by atoms with E-state index in [4.69, 9.17) is 11.3 Å². The third-order valence-corrected chi connectivity index (χ3v) is 3.43. The van der Waals surface area contributed by atoms with Crippen LogP contribution in [0.15, 0.2) is 5.11 Å². The highest BCUT2D eigenvalue weighted by atomic mass is 16.1. The first-order valence-electron chi connectivity index (χ1n) is 6.16. The quantitative estimate of drug-likeness (QED) is 0.319. The maximum Gasteiger partial charge on any atom is 0.237 e. The number of azide groups is 1. The van der Waals surface area contributed by atoms with Gasteiger partial charge in [0.05, 0.1) is 5.54 Å². The van der Waals surface area contributed by atoms with E-state index in [-0.39, 0.29) is 5.91 Å². The van der Waals surface area contributed by atoms with Gasteiger partial charge in [-0.1, -0.05) is 24.9 Å². The molecule has 0 aromatic carbocycles. The number of nitrogens with two attached hydrogens (primary N) is 1. The van der Waals surface area contributed by atoms with E-state index in [2.05, 4.69) is 22.3 Å². The van der Waals surface area contributed by atoms with Crippen molar-refractivity contribution in [3.8, 4) is 0 Å². The third kappa shape index (κ3) is 3.91. The number of rotatable bonds is 6. The van der Waals surface area contributed by atoms with Crippen molar-refractivity contribution < 1.29 is 4.79 Å². The maximum atomic E-state index is 11.6. The fourth-order valence-electron chi connectivity index (χ4n) is 2.54. The summed E-state index contributed by atoms with van der Waals surface area (Å²) in [6.45, 7) is 3.26. The smallest absolute Gasteiger partial charge is 0.237 e. The molecule has 3 N–H and O–H groups in total. The Morgan fingerprint density at radius 3 is 3.06 bits per heavy atom. The monoisotopic (exact) mass is 239 g/mol. The van der Waals surface area contributed by atoms with Gasteiger partial charge in [0, 0.05) is 11.5 Å². The summed E-state index contributed by atoms with van der Waals surface area (Å²) in [5.74, 6) is 0.272. The van der Waals surface area contributed by atoms with Crippen LogP contribution in [0.25, 0.3) is 10.4 Å². The fraction of sp³-hybridized carbons (Fsp3) is 0.909. The summed E-state index contributed by atoms with van der Waals surface area (Å²) in [5, 5.41) is 6.73.